The molecular weight excluding hydrogens is 294 g/mol. The van der Waals surface area contributed by atoms with Crippen molar-refractivity contribution in [3.05, 3.63) is 29.3 Å². The molecule has 2 N–H and O–H groups in total. The van der Waals surface area contributed by atoms with Crippen LogP contribution in [0.5, 0.6) is 5.75 Å². The first-order valence-electron chi connectivity index (χ1n) is 7.86. The average Bonchev–Trinajstić information content (AvgIpc) is 2.56. The summed E-state index contributed by atoms with van der Waals surface area (Å²) in [6.45, 7) is 5.40. The fraction of sp³-hybridized carbons (Fsp3) is 0.588. The van der Waals surface area contributed by atoms with Gasteiger partial charge in [-0.3, -0.25) is 4.99 Å². The molecule has 0 aliphatic carbocycles. The van der Waals surface area contributed by atoms with Gasteiger partial charge >= 0.3 is 0 Å². The lowest BCUT2D eigenvalue weighted by Gasteiger charge is -2.15. The van der Waals surface area contributed by atoms with Gasteiger partial charge in [-0.25, -0.2) is 0 Å². The van der Waals surface area contributed by atoms with Gasteiger partial charge in [0.05, 0.1) is 13.2 Å². The minimum absolute atomic E-state index is 0.638. The van der Waals surface area contributed by atoms with Crippen LogP contribution in [0.4, 0.5) is 0 Å². The average molecular weight is 323 g/mol. The van der Waals surface area contributed by atoms with Gasteiger partial charge < -0.3 is 24.8 Å². The quantitative estimate of drug-likeness (QED) is 0.390. The Kier molecular flexibility index (Phi) is 9.83. The van der Waals surface area contributed by atoms with Gasteiger partial charge in [0.2, 0.25) is 0 Å². The summed E-state index contributed by atoms with van der Waals surface area (Å²) in [6.07, 6.45) is 0.873. The van der Waals surface area contributed by atoms with E-state index in [0.717, 1.165) is 23.7 Å². The molecule has 0 spiro atoms. The van der Waals surface area contributed by atoms with Gasteiger partial charge in [0.1, 0.15) is 5.75 Å². The molecule has 0 heterocycles. The highest BCUT2D eigenvalue weighted by Crippen LogP contribution is 2.20. The number of aryl methyl sites for hydroxylation is 1. The van der Waals surface area contributed by atoms with Gasteiger partial charge in [0, 0.05) is 52.9 Å². The van der Waals surface area contributed by atoms with Crippen LogP contribution in [-0.4, -0.2) is 53.6 Å². The second-order valence-electron chi connectivity index (χ2n) is 5.15. The molecule has 6 nitrogen and oxygen atoms in total. The third-order valence-corrected chi connectivity index (χ3v) is 3.24. The van der Waals surface area contributed by atoms with E-state index in [1.54, 1.807) is 21.3 Å². The zero-order valence-electron chi connectivity index (χ0n) is 14.6. The summed E-state index contributed by atoms with van der Waals surface area (Å²) in [5.74, 6) is 1.65. The van der Waals surface area contributed by atoms with E-state index in [0.29, 0.717) is 32.9 Å². The number of aliphatic imine (C=N–C) groups is 1. The number of benzene rings is 1. The van der Waals surface area contributed by atoms with Crippen LogP contribution in [-0.2, 0) is 16.0 Å². The molecule has 1 aromatic rings. The fourth-order valence-electron chi connectivity index (χ4n) is 2.00. The summed E-state index contributed by atoms with van der Waals surface area (Å²) in [5, 5.41) is 6.47. The molecule has 0 aromatic heterocycles. The third-order valence-electron chi connectivity index (χ3n) is 3.24. The molecule has 0 amide bonds. The lowest BCUT2D eigenvalue weighted by molar-refractivity contribution is 0.171. The maximum Gasteiger partial charge on any atom is 0.191 e. The number of methoxy groups -OCH3 is 2. The van der Waals surface area contributed by atoms with E-state index in [9.17, 15) is 0 Å². The first kappa shape index (κ1) is 19.3. The Morgan fingerprint density at radius 2 is 1.87 bits per heavy atom. The fourth-order valence-corrected chi connectivity index (χ4v) is 2.00. The highest BCUT2D eigenvalue weighted by Gasteiger charge is 2.06. The Morgan fingerprint density at radius 3 is 2.57 bits per heavy atom. The topological polar surface area (TPSA) is 64.1 Å². The Labute approximate surface area is 139 Å². The van der Waals surface area contributed by atoms with Crippen LogP contribution in [0.2, 0.25) is 0 Å². The van der Waals surface area contributed by atoms with E-state index in [1.165, 1.54) is 5.56 Å². The molecule has 0 atom stereocenters. The highest BCUT2D eigenvalue weighted by molar-refractivity contribution is 5.79. The Hall–Kier alpha value is -1.79. The maximum atomic E-state index is 5.88. The lowest BCUT2D eigenvalue weighted by Crippen LogP contribution is -2.38. The van der Waals surface area contributed by atoms with Crippen molar-refractivity contribution in [3.8, 4) is 5.75 Å². The van der Waals surface area contributed by atoms with Gasteiger partial charge in [-0.2, -0.15) is 0 Å². The molecule has 1 rings (SSSR count). The van der Waals surface area contributed by atoms with Crippen molar-refractivity contribution in [2.75, 3.05) is 47.6 Å². The molecule has 0 saturated carbocycles. The molecule has 0 aliphatic rings. The molecule has 130 valence electrons. The zero-order chi connectivity index (χ0) is 16.9. The minimum Gasteiger partial charge on any atom is -0.493 e. The molecule has 23 heavy (non-hydrogen) atoms. The van der Waals surface area contributed by atoms with E-state index in [1.807, 2.05) is 0 Å². The second kappa shape index (κ2) is 11.7. The SMILES string of the molecule is CN=C(NCCOC)NCc1ccc(C)cc1OCCCOC. The van der Waals surface area contributed by atoms with Gasteiger partial charge in [0.25, 0.3) is 0 Å². The predicted octanol–water partition coefficient (Wildman–Crippen LogP) is 1.72. The van der Waals surface area contributed by atoms with Gasteiger partial charge in [-0.1, -0.05) is 12.1 Å². The summed E-state index contributed by atoms with van der Waals surface area (Å²) in [7, 11) is 5.13. The molecular formula is C17H29N3O3. The van der Waals surface area contributed by atoms with Gasteiger partial charge in [0.15, 0.2) is 5.96 Å². The van der Waals surface area contributed by atoms with Crippen LogP contribution in [0.3, 0.4) is 0 Å². The van der Waals surface area contributed by atoms with Crippen LogP contribution in [0.1, 0.15) is 17.5 Å². The minimum atomic E-state index is 0.638. The van der Waals surface area contributed by atoms with Crippen molar-refractivity contribution in [1.82, 2.24) is 10.6 Å². The maximum absolute atomic E-state index is 5.88. The summed E-state index contributed by atoms with van der Waals surface area (Å²) >= 11 is 0. The van der Waals surface area contributed by atoms with Crippen molar-refractivity contribution in [1.29, 1.82) is 0 Å². The second-order valence-corrected chi connectivity index (χ2v) is 5.15. The zero-order valence-corrected chi connectivity index (χ0v) is 14.6. The van der Waals surface area contributed by atoms with Crippen molar-refractivity contribution in [2.45, 2.75) is 19.9 Å². The van der Waals surface area contributed by atoms with Crippen molar-refractivity contribution in [3.63, 3.8) is 0 Å². The van der Waals surface area contributed by atoms with E-state index in [4.69, 9.17) is 14.2 Å². The number of rotatable bonds is 10. The van der Waals surface area contributed by atoms with Crippen LogP contribution in [0, 0.1) is 6.92 Å². The Morgan fingerprint density at radius 1 is 1.09 bits per heavy atom. The van der Waals surface area contributed by atoms with Gasteiger partial charge in [-0.05, 0) is 18.6 Å². The van der Waals surface area contributed by atoms with Crippen LogP contribution in [0.25, 0.3) is 0 Å². The van der Waals surface area contributed by atoms with E-state index in [2.05, 4.69) is 40.7 Å². The summed E-state index contributed by atoms with van der Waals surface area (Å²) in [5.41, 5.74) is 2.28. The van der Waals surface area contributed by atoms with Crippen LogP contribution >= 0.6 is 0 Å². The molecule has 1 aromatic carbocycles. The summed E-state index contributed by atoms with van der Waals surface area (Å²) in [6, 6.07) is 6.22. The van der Waals surface area contributed by atoms with Crippen molar-refractivity contribution in [2.24, 2.45) is 4.99 Å². The Bertz CT molecular complexity index is 478. The molecule has 0 aliphatic heterocycles. The first-order chi connectivity index (χ1) is 11.2. The molecule has 0 radical (unpaired) electrons. The lowest BCUT2D eigenvalue weighted by atomic mass is 10.1. The standard InChI is InChI=1S/C17H29N3O3/c1-14-6-7-15(16(12-14)23-10-5-9-21-3)13-20-17(18-2)19-8-11-22-4/h6-7,12H,5,8-11,13H2,1-4H3,(H2,18,19,20). The number of hydrogen-bond donors (Lipinski definition) is 2. The molecule has 0 unspecified atom stereocenters. The monoisotopic (exact) mass is 323 g/mol. The summed E-state index contributed by atoms with van der Waals surface area (Å²) in [4.78, 5) is 4.19. The number of hydrogen-bond acceptors (Lipinski definition) is 4. The highest BCUT2D eigenvalue weighted by atomic mass is 16.5. The number of ether oxygens (including phenoxy) is 3. The van der Waals surface area contributed by atoms with Crippen molar-refractivity contribution >= 4 is 5.96 Å². The van der Waals surface area contributed by atoms with E-state index in [-0.39, 0.29) is 0 Å². The van der Waals surface area contributed by atoms with E-state index >= 15 is 0 Å². The normalized spacial score (nSPS) is 11.4. The number of nitrogens with zero attached hydrogens (tertiary/aromatic N) is 1. The number of nitrogens with one attached hydrogen (secondary N) is 2. The molecule has 0 fully saturated rings. The third kappa shape index (κ3) is 7.85. The molecule has 6 heteroatoms. The molecule has 0 saturated heterocycles. The van der Waals surface area contributed by atoms with Gasteiger partial charge in [-0.15, -0.1) is 0 Å². The largest absolute Gasteiger partial charge is 0.493 e. The molecule has 0 bridgehead atoms. The smallest absolute Gasteiger partial charge is 0.191 e. The van der Waals surface area contributed by atoms with Crippen LogP contribution in [0.15, 0.2) is 23.2 Å². The Balaban J connectivity index is 2.57. The predicted molar refractivity (Wildman–Crippen MR) is 93.2 cm³/mol. The van der Waals surface area contributed by atoms with E-state index < -0.39 is 0 Å². The number of guanidine groups is 1. The van der Waals surface area contributed by atoms with Crippen molar-refractivity contribution < 1.29 is 14.2 Å². The first-order valence-corrected chi connectivity index (χ1v) is 7.86. The summed E-state index contributed by atoms with van der Waals surface area (Å²) < 4.78 is 16.0. The van der Waals surface area contributed by atoms with Crippen LogP contribution < -0.4 is 15.4 Å².